The van der Waals surface area contributed by atoms with Crippen molar-refractivity contribution < 1.29 is 9.59 Å². The van der Waals surface area contributed by atoms with Gasteiger partial charge in [0, 0.05) is 30.9 Å². The summed E-state index contributed by atoms with van der Waals surface area (Å²) in [5.41, 5.74) is 1.13. The number of rotatable bonds is 6. The van der Waals surface area contributed by atoms with E-state index >= 15 is 0 Å². The molecule has 2 amide bonds. The van der Waals surface area contributed by atoms with E-state index in [1.807, 2.05) is 6.92 Å². The summed E-state index contributed by atoms with van der Waals surface area (Å²) in [5, 5.41) is 6.04. The van der Waals surface area contributed by atoms with Gasteiger partial charge in [0.15, 0.2) is 0 Å². The molecule has 0 unspecified atom stereocenters. The Morgan fingerprint density at radius 1 is 1.45 bits per heavy atom. The van der Waals surface area contributed by atoms with E-state index in [-0.39, 0.29) is 11.8 Å². The standard InChI is InChI=1S/C14H18ClN3O2/c1-9-7-12(15)11(8-17-9)14(20)16-6-2-3-13(19)18-10-4-5-10/h7-8,10H,2-6H2,1H3,(H,16,20)(H,18,19). The zero-order valence-electron chi connectivity index (χ0n) is 11.4. The molecular weight excluding hydrogens is 278 g/mol. The molecule has 6 heteroatoms. The second-order valence-electron chi connectivity index (χ2n) is 5.01. The van der Waals surface area contributed by atoms with E-state index in [0.29, 0.717) is 36.0 Å². The second-order valence-corrected chi connectivity index (χ2v) is 5.41. The molecule has 0 bridgehead atoms. The van der Waals surface area contributed by atoms with Crippen LogP contribution >= 0.6 is 11.6 Å². The van der Waals surface area contributed by atoms with Crippen molar-refractivity contribution in [3.8, 4) is 0 Å². The summed E-state index contributed by atoms with van der Waals surface area (Å²) in [5.74, 6) is -0.207. The molecule has 1 fully saturated rings. The van der Waals surface area contributed by atoms with Gasteiger partial charge in [-0.25, -0.2) is 0 Å². The number of pyridine rings is 1. The predicted octanol–water partition coefficient (Wildman–Crippen LogP) is 1.83. The Labute approximate surface area is 123 Å². The Bertz CT molecular complexity index is 515. The highest BCUT2D eigenvalue weighted by Crippen LogP contribution is 2.18. The van der Waals surface area contributed by atoms with Crippen LogP contribution in [0.1, 0.15) is 41.7 Å². The third-order valence-corrected chi connectivity index (χ3v) is 3.36. The molecule has 108 valence electrons. The van der Waals surface area contributed by atoms with Gasteiger partial charge in [0.1, 0.15) is 0 Å². The Kier molecular flexibility index (Phi) is 4.95. The number of hydrogen-bond acceptors (Lipinski definition) is 3. The van der Waals surface area contributed by atoms with Gasteiger partial charge in [-0.3, -0.25) is 14.6 Å². The molecule has 0 atom stereocenters. The van der Waals surface area contributed by atoms with Crippen LogP contribution in [0.4, 0.5) is 0 Å². The number of carbonyl (C=O) groups excluding carboxylic acids is 2. The molecule has 20 heavy (non-hydrogen) atoms. The van der Waals surface area contributed by atoms with Gasteiger partial charge in [0.05, 0.1) is 10.6 Å². The minimum absolute atomic E-state index is 0.0526. The van der Waals surface area contributed by atoms with Crippen LogP contribution in [-0.4, -0.2) is 29.4 Å². The minimum Gasteiger partial charge on any atom is -0.353 e. The molecule has 1 aromatic rings. The molecule has 2 rings (SSSR count). The number of hydrogen-bond donors (Lipinski definition) is 2. The molecule has 1 aliphatic carbocycles. The number of nitrogens with one attached hydrogen (secondary N) is 2. The van der Waals surface area contributed by atoms with Gasteiger partial charge < -0.3 is 10.6 Å². The Morgan fingerprint density at radius 2 is 2.20 bits per heavy atom. The van der Waals surface area contributed by atoms with Gasteiger partial charge in [-0.2, -0.15) is 0 Å². The predicted molar refractivity (Wildman–Crippen MR) is 76.7 cm³/mol. The summed E-state index contributed by atoms with van der Waals surface area (Å²) in [6, 6.07) is 2.04. The molecule has 0 spiro atoms. The van der Waals surface area contributed by atoms with Gasteiger partial charge in [-0.1, -0.05) is 11.6 Å². The summed E-state index contributed by atoms with van der Waals surface area (Å²) in [6.45, 7) is 2.26. The lowest BCUT2D eigenvalue weighted by atomic mass is 10.2. The summed E-state index contributed by atoms with van der Waals surface area (Å²) in [4.78, 5) is 27.4. The largest absolute Gasteiger partial charge is 0.353 e. The first-order chi connectivity index (χ1) is 9.56. The summed E-state index contributed by atoms with van der Waals surface area (Å²) < 4.78 is 0. The van der Waals surface area contributed by atoms with Crippen molar-refractivity contribution in [2.24, 2.45) is 0 Å². The molecule has 2 N–H and O–H groups in total. The fourth-order valence-electron chi connectivity index (χ4n) is 1.77. The fourth-order valence-corrected chi connectivity index (χ4v) is 2.06. The first-order valence-corrected chi connectivity index (χ1v) is 7.14. The van der Waals surface area contributed by atoms with Crippen LogP contribution < -0.4 is 10.6 Å². The second kappa shape index (κ2) is 6.70. The van der Waals surface area contributed by atoms with Gasteiger partial charge in [-0.05, 0) is 32.3 Å². The average Bonchev–Trinajstić information content (AvgIpc) is 3.18. The maximum Gasteiger partial charge on any atom is 0.254 e. The monoisotopic (exact) mass is 295 g/mol. The third-order valence-electron chi connectivity index (χ3n) is 3.04. The highest BCUT2D eigenvalue weighted by molar-refractivity contribution is 6.33. The molecule has 5 nitrogen and oxygen atoms in total. The van der Waals surface area contributed by atoms with E-state index in [1.165, 1.54) is 6.20 Å². The number of aromatic nitrogens is 1. The quantitative estimate of drug-likeness (QED) is 0.787. The minimum atomic E-state index is -0.259. The molecule has 0 radical (unpaired) electrons. The highest BCUT2D eigenvalue weighted by Gasteiger charge is 2.22. The van der Waals surface area contributed by atoms with Crippen LogP contribution in [0.3, 0.4) is 0 Å². The SMILES string of the molecule is Cc1cc(Cl)c(C(=O)NCCCC(=O)NC2CC2)cn1. The zero-order valence-corrected chi connectivity index (χ0v) is 12.2. The van der Waals surface area contributed by atoms with Crippen molar-refractivity contribution in [2.75, 3.05) is 6.54 Å². The molecule has 1 aromatic heterocycles. The van der Waals surface area contributed by atoms with Crippen LogP contribution in [0.2, 0.25) is 5.02 Å². The highest BCUT2D eigenvalue weighted by atomic mass is 35.5. The van der Waals surface area contributed by atoms with Gasteiger partial charge in [0.25, 0.3) is 5.91 Å². The van der Waals surface area contributed by atoms with Crippen molar-refractivity contribution >= 4 is 23.4 Å². The fraction of sp³-hybridized carbons (Fsp3) is 0.500. The Hall–Kier alpha value is -1.62. The van der Waals surface area contributed by atoms with Crippen LogP contribution in [0.25, 0.3) is 0 Å². The Morgan fingerprint density at radius 3 is 2.85 bits per heavy atom. The molecule has 0 aromatic carbocycles. The number of halogens is 1. The van der Waals surface area contributed by atoms with Crippen LogP contribution in [0.5, 0.6) is 0 Å². The van der Waals surface area contributed by atoms with E-state index in [2.05, 4.69) is 15.6 Å². The van der Waals surface area contributed by atoms with Crippen molar-refractivity contribution in [2.45, 2.75) is 38.6 Å². The van der Waals surface area contributed by atoms with Gasteiger partial charge in [-0.15, -0.1) is 0 Å². The van der Waals surface area contributed by atoms with Crippen LogP contribution in [0.15, 0.2) is 12.3 Å². The van der Waals surface area contributed by atoms with Crippen LogP contribution in [-0.2, 0) is 4.79 Å². The smallest absolute Gasteiger partial charge is 0.254 e. The van der Waals surface area contributed by atoms with Crippen LogP contribution in [0, 0.1) is 6.92 Å². The zero-order chi connectivity index (χ0) is 14.5. The number of carbonyl (C=O) groups is 2. The lowest BCUT2D eigenvalue weighted by Gasteiger charge is -2.07. The lowest BCUT2D eigenvalue weighted by molar-refractivity contribution is -0.121. The topological polar surface area (TPSA) is 71.1 Å². The first-order valence-electron chi connectivity index (χ1n) is 6.76. The molecule has 1 heterocycles. The maximum atomic E-state index is 11.9. The van der Waals surface area contributed by atoms with E-state index in [1.54, 1.807) is 6.07 Å². The molecule has 0 saturated heterocycles. The van der Waals surface area contributed by atoms with Crippen molar-refractivity contribution in [3.05, 3.63) is 28.5 Å². The number of aryl methyl sites for hydroxylation is 1. The van der Waals surface area contributed by atoms with E-state index < -0.39 is 0 Å². The lowest BCUT2D eigenvalue weighted by Crippen LogP contribution is -2.28. The maximum absolute atomic E-state index is 11.9. The molecule has 0 aliphatic heterocycles. The Balaban J connectivity index is 1.70. The van der Waals surface area contributed by atoms with Crippen molar-refractivity contribution in [1.82, 2.24) is 15.6 Å². The molecular formula is C14H18ClN3O2. The van der Waals surface area contributed by atoms with Gasteiger partial charge in [0.2, 0.25) is 5.91 Å². The summed E-state index contributed by atoms with van der Waals surface area (Å²) >= 11 is 5.99. The normalized spacial score (nSPS) is 13.9. The third kappa shape index (κ3) is 4.49. The van der Waals surface area contributed by atoms with E-state index in [4.69, 9.17) is 11.6 Å². The molecule has 1 saturated carbocycles. The van der Waals surface area contributed by atoms with Crippen molar-refractivity contribution in [1.29, 1.82) is 0 Å². The average molecular weight is 296 g/mol. The van der Waals surface area contributed by atoms with Crippen molar-refractivity contribution in [3.63, 3.8) is 0 Å². The summed E-state index contributed by atoms with van der Waals surface area (Å²) in [6.07, 6.45) is 4.67. The van der Waals surface area contributed by atoms with Gasteiger partial charge >= 0.3 is 0 Å². The summed E-state index contributed by atoms with van der Waals surface area (Å²) in [7, 11) is 0. The number of nitrogens with zero attached hydrogens (tertiary/aromatic N) is 1. The van der Waals surface area contributed by atoms with E-state index in [9.17, 15) is 9.59 Å². The van der Waals surface area contributed by atoms with E-state index in [0.717, 1.165) is 18.5 Å². The molecule has 1 aliphatic rings. The number of amides is 2. The first kappa shape index (κ1) is 14.8.